The van der Waals surface area contributed by atoms with Crippen LogP contribution in [0.5, 0.6) is 0 Å². The van der Waals surface area contributed by atoms with Crippen LogP contribution in [0.4, 0.5) is 0 Å². The fraction of sp³-hybridized carbons (Fsp3) is 0.500. The summed E-state index contributed by atoms with van der Waals surface area (Å²) in [6, 6.07) is 11.1. The van der Waals surface area contributed by atoms with E-state index in [0.717, 1.165) is 3.93 Å². The summed E-state index contributed by atoms with van der Waals surface area (Å²) < 4.78 is 3.99. The summed E-state index contributed by atoms with van der Waals surface area (Å²) in [4.78, 5) is 2.56. The second kappa shape index (κ2) is 4.49. The summed E-state index contributed by atoms with van der Waals surface area (Å²) in [6.07, 6.45) is 0. The van der Waals surface area contributed by atoms with Gasteiger partial charge in [0.2, 0.25) is 0 Å². The summed E-state index contributed by atoms with van der Waals surface area (Å²) in [5, 5.41) is 0. The Morgan fingerprint density at radius 3 is 2.08 bits per heavy atom. The second-order valence-corrected chi connectivity index (χ2v) is 19.3. The molecule has 0 saturated carbocycles. The average Bonchev–Trinajstić information content (AvgIpc) is 2.17. The third-order valence-electron chi connectivity index (χ3n) is 3.44. The SMILES string of the molecule is C[CH2][Sn]([CH3])([c]1ccccc1)[CH](C)C. The van der Waals surface area contributed by atoms with Crippen LogP contribution in [0.1, 0.15) is 20.8 Å². The van der Waals surface area contributed by atoms with Crippen molar-refractivity contribution >= 4 is 22.0 Å². The molecule has 1 rings (SSSR count). The first-order chi connectivity index (χ1) is 6.11. The molecule has 72 valence electrons. The van der Waals surface area contributed by atoms with Crippen molar-refractivity contribution < 1.29 is 0 Å². The molecule has 0 spiro atoms. The van der Waals surface area contributed by atoms with Gasteiger partial charge in [-0.1, -0.05) is 0 Å². The second-order valence-electron chi connectivity index (χ2n) is 4.29. The molecule has 0 radical (unpaired) electrons. The van der Waals surface area contributed by atoms with E-state index in [0.29, 0.717) is 0 Å². The molecule has 0 amide bonds. The Hall–Kier alpha value is 0.0187. The van der Waals surface area contributed by atoms with Gasteiger partial charge in [0, 0.05) is 0 Å². The van der Waals surface area contributed by atoms with Crippen molar-refractivity contribution in [1.82, 2.24) is 0 Å². The van der Waals surface area contributed by atoms with E-state index in [-0.39, 0.29) is 0 Å². The van der Waals surface area contributed by atoms with Crippen LogP contribution < -0.4 is 3.58 Å². The van der Waals surface area contributed by atoms with Crippen LogP contribution in [-0.2, 0) is 0 Å². The first-order valence-electron chi connectivity index (χ1n) is 5.16. The summed E-state index contributed by atoms with van der Waals surface area (Å²) in [6.45, 7) is 7.16. The molecule has 0 bridgehead atoms. The Balaban J connectivity index is 3.03. The molecule has 0 aromatic heterocycles. The van der Waals surface area contributed by atoms with Gasteiger partial charge in [-0.2, -0.15) is 0 Å². The maximum atomic E-state index is 2.56. The number of rotatable bonds is 3. The van der Waals surface area contributed by atoms with E-state index in [1.165, 1.54) is 4.44 Å². The molecule has 0 aliphatic rings. The van der Waals surface area contributed by atoms with E-state index in [1.54, 1.807) is 3.58 Å². The zero-order valence-corrected chi connectivity index (χ0v) is 12.0. The van der Waals surface area contributed by atoms with E-state index >= 15 is 0 Å². The summed E-state index contributed by atoms with van der Waals surface area (Å²) in [5.41, 5.74) is 0. The van der Waals surface area contributed by atoms with Gasteiger partial charge in [0.05, 0.1) is 0 Å². The molecule has 0 aliphatic heterocycles. The molecule has 1 unspecified atom stereocenters. The molecule has 0 saturated heterocycles. The molecule has 0 fully saturated rings. The van der Waals surface area contributed by atoms with E-state index < -0.39 is 18.4 Å². The molecule has 1 aromatic rings. The first-order valence-corrected chi connectivity index (χ1v) is 13.1. The zero-order valence-electron chi connectivity index (χ0n) is 9.17. The molecule has 0 N–H and O–H groups in total. The van der Waals surface area contributed by atoms with E-state index in [4.69, 9.17) is 0 Å². The van der Waals surface area contributed by atoms with Crippen LogP contribution in [-0.4, -0.2) is 18.4 Å². The molecule has 13 heavy (non-hydrogen) atoms. The Morgan fingerprint density at radius 1 is 1.15 bits per heavy atom. The van der Waals surface area contributed by atoms with Gasteiger partial charge in [-0.15, -0.1) is 0 Å². The Kier molecular flexibility index (Phi) is 3.84. The molecule has 0 nitrogen and oxygen atoms in total. The maximum absolute atomic E-state index is 2.56. The molecular formula is C12H20Sn. The van der Waals surface area contributed by atoms with Crippen molar-refractivity contribution in [2.24, 2.45) is 0 Å². The van der Waals surface area contributed by atoms with Crippen molar-refractivity contribution in [3.05, 3.63) is 30.3 Å². The fourth-order valence-electron chi connectivity index (χ4n) is 1.76. The number of hydrogen-bond acceptors (Lipinski definition) is 0. The van der Waals surface area contributed by atoms with Gasteiger partial charge in [0.1, 0.15) is 0 Å². The van der Waals surface area contributed by atoms with Crippen LogP contribution in [0.25, 0.3) is 0 Å². The van der Waals surface area contributed by atoms with Crippen LogP contribution in [0.2, 0.25) is 13.3 Å². The molecule has 1 aromatic carbocycles. The predicted molar refractivity (Wildman–Crippen MR) is 63.3 cm³/mol. The monoisotopic (exact) mass is 284 g/mol. The fourth-order valence-corrected chi connectivity index (χ4v) is 9.89. The first kappa shape index (κ1) is 11.1. The molecular weight excluding hydrogens is 263 g/mol. The van der Waals surface area contributed by atoms with Crippen LogP contribution in [0, 0.1) is 0 Å². The normalized spacial score (nSPS) is 15.8. The minimum absolute atomic E-state index is 0.904. The summed E-state index contributed by atoms with van der Waals surface area (Å²) in [5.74, 6) is 0. The van der Waals surface area contributed by atoms with Crippen molar-refractivity contribution in [1.29, 1.82) is 0 Å². The predicted octanol–water partition coefficient (Wildman–Crippen LogP) is 3.40. The Labute approximate surface area is 86.2 Å². The van der Waals surface area contributed by atoms with Crippen molar-refractivity contribution in [2.75, 3.05) is 0 Å². The molecule has 0 aliphatic carbocycles. The number of hydrogen-bond donors (Lipinski definition) is 0. The van der Waals surface area contributed by atoms with Gasteiger partial charge in [0.25, 0.3) is 0 Å². The van der Waals surface area contributed by atoms with Gasteiger partial charge < -0.3 is 0 Å². The number of benzene rings is 1. The van der Waals surface area contributed by atoms with Crippen molar-refractivity contribution in [2.45, 2.75) is 34.1 Å². The standard InChI is InChI=1S/C6H5.C3H7.C2H5.CH3.Sn/c1-2-4-6-5-3-1;1-3-2;1-2;;/h1-5H;3H,1-2H3;1H2,2H3;1H3;. The molecule has 1 atom stereocenters. The van der Waals surface area contributed by atoms with E-state index in [9.17, 15) is 0 Å². The van der Waals surface area contributed by atoms with Gasteiger partial charge >= 0.3 is 86.4 Å². The van der Waals surface area contributed by atoms with Crippen LogP contribution >= 0.6 is 0 Å². The summed E-state index contributed by atoms with van der Waals surface area (Å²) in [7, 11) is 0. The quantitative estimate of drug-likeness (QED) is 0.746. The van der Waals surface area contributed by atoms with Crippen molar-refractivity contribution in [3.8, 4) is 0 Å². The Bertz CT molecular complexity index is 253. The topological polar surface area (TPSA) is 0 Å². The molecule has 0 heterocycles. The van der Waals surface area contributed by atoms with Crippen LogP contribution in [0.15, 0.2) is 30.3 Å². The minimum atomic E-state index is -1.95. The van der Waals surface area contributed by atoms with Gasteiger partial charge in [-0.25, -0.2) is 0 Å². The summed E-state index contributed by atoms with van der Waals surface area (Å²) >= 11 is -1.95. The van der Waals surface area contributed by atoms with Gasteiger partial charge in [-0.3, -0.25) is 0 Å². The van der Waals surface area contributed by atoms with Crippen LogP contribution in [0.3, 0.4) is 0 Å². The van der Waals surface area contributed by atoms with Gasteiger partial charge in [0.15, 0.2) is 0 Å². The van der Waals surface area contributed by atoms with E-state index in [2.05, 4.69) is 56.0 Å². The van der Waals surface area contributed by atoms with Gasteiger partial charge in [-0.05, 0) is 0 Å². The third kappa shape index (κ3) is 2.28. The van der Waals surface area contributed by atoms with Crippen molar-refractivity contribution in [3.63, 3.8) is 0 Å². The Morgan fingerprint density at radius 2 is 1.69 bits per heavy atom. The zero-order chi connectivity index (χ0) is 9.90. The third-order valence-corrected chi connectivity index (χ3v) is 19.6. The average molecular weight is 283 g/mol. The molecule has 1 heteroatoms. The van der Waals surface area contributed by atoms with E-state index in [1.807, 2.05) is 0 Å².